The first-order valence-electron chi connectivity index (χ1n) is 4.12. The number of pyridine rings is 1. The van der Waals surface area contributed by atoms with Crippen LogP contribution in [0, 0.1) is 6.92 Å². The van der Waals surface area contributed by atoms with Crippen molar-refractivity contribution in [1.82, 2.24) is 4.98 Å². The summed E-state index contributed by atoms with van der Waals surface area (Å²) in [6, 6.07) is 11.8. The molecule has 0 saturated heterocycles. The molecule has 2 rings (SSSR count). The second-order valence-electron chi connectivity index (χ2n) is 2.86. The molecule has 2 radical (unpaired) electrons. The number of nitrogens with zero attached hydrogens (tertiary/aromatic N) is 1. The van der Waals surface area contributed by atoms with Crippen molar-refractivity contribution in [3.05, 3.63) is 61.3 Å². The summed E-state index contributed by atoms with van der Waals surface area (Å²) in [4.78, 5) is 3.96. The van der Waals surface area contributed by atoms with Gasteiger partial charge in [0, 0.05) is 12.4 Å². The first-order chi connectivity index (χ1) is 6.36. The molecule has 0 aliphatic rings. The molecule has 0 unspecified atom stereocenters. The summed E-state index contributed by atoms with van der Waals surface area (Å²) < 4.78 is 0. The zero-order valence-electron chi connectivity index (χ0n) is 7.14. The van der Waals surface area contributed by atoms with E-state index in [9.17, 15) is 0 Å². The zero-order chi connectivity index (χ0) is 9.10. The Kier molecular flexibility index (Phi) is 2.09. The zero-order valence-corrected chi connectivity index (χ0v) is 7.14. The Morgan fingerprint density at radius 1 is 0.923 bits per heavy atom. The predicted molar refractivity (Wildman–Crippen MR) is 53.1 cm³/mol. The van der Waals surface area contributed by atoms with Gasteiger partial charge in [-0.2, -0.15) is 0 Å². The molecule has 62 valence electrons. The molecule has 1 heterocycles. The summed E-state index contributed by atoms with van der Waals surface area (Å²) >= 11 is 0. The maximum absolute atomic E-state index is 5.68. The third-order valence-corrected chi connectivity index (χ3v) is 1.90. The standard InChI is InChI=1S/C12H9N/c1-10-3-2-4-12(9-10)11-5-7-13-8-6-11/h1-9H. The van der Waals surface area contributed by atoms with Crippen molar-refractivity contribution < 1.29 is 0 Å². The summed E-state index contributed by atoms with van der Waals surface area (Å²) in [6.45, 7) is 5.68. The van der Waals surface area contributed by atoms with Crippen LogP contribution in [0.3, 0.4) is 0 Å². The molecular weight excluding hydrogens is 158 g/mol. The van der Waals surface area contributed by atoms with E-state index in [1.54, 1.807) is 12.4 Å². The summed E-state index contributed by atoms with van der Waals surface area (Å²) in [5, 5.41) is 0. The quantitative estimate of drug-likeness (QED) is 0.636. The average Bonchev–Trinajstić information content (AvgIpc) is 2.19. The summed E-state index contributed by atoms with van der Waals surface area (Å²) in [5.41, 5.74) is 3.05. The van der Waals surface area contributed by atoms with Crippen LogP contribution in [0.5, 0.6) is 0 Å². The molecule has 0 saturated carbocycles. The lowest BCUT2D eigenvalue weighted by Crippen LogP contribution is -1.79. The van der Waals surface area contributed by atoms with Gasteiger partial charge in [-0.1, -0.05) is 24.3 Å². The Labute approximate surface area is 78.1 Å². The lowest BCUT2D eigenvalue weighted by atomic mass is 10.1. The van der Waals surface area contributed by atoms with Crippen molar-refractivity contribution in [3.8, 4) is 11.1 Å². The summed E-state index contributed by atoms with van der Waals surface area (Å²) in [6.07, 6.45) is 3.55. The fourth-order valence-corrected chi connectivity index (χ4v) is 1.26. The van der Waals surface area contributed by atoms with E-state index in [0.717, 1.165) is 16.7 Å². The van der Waals surface area contributed by atoms with Crippen molar-refractivity contribution in [3.63, 3.8) is 0 Å². The minimum atomic E-state index is 0.786. The van der Waals surface area contributed by atoms with Gasteiger partial charge in [0.05, 0.1) is 0 Å². The lowest BCUT2D eigenvalue weighted by Gasteiger charge is -2.00. The molecule has 0 aliphatic heterocycles. The molecule has 0 atom stereocenters. The molecule has 0 bridgehead atoms. The minimum absolute atomic E-state index is 0.786. The van der Waals surface area contributed by atoms with Gasteiger partial charge in [-0.25, -0.2) is 0 Å². The largest absolute Gasteiger partial charge is 0.265 e. The number of benzene rings is 1. The van der Waals surface area contributed by atoms with Crippen LogP contribution < -0.4 is 0 Å². The lowest BCUT2D eigenvalue weighted by molar-refractivity contribution is 1.33. The van der Waals surface area contributed by atoms with Gasteiger partial charge in [0.25, 0.3) is 0 Å². The summed E-state index contributed by atoms with van der Waals surface area (Å²) in [7, 11) is 0. The van der Waals surface area contributed by atoms with Gasteiger partial charge in [0.2, 0.25) is 0 Å². The minimum Gasteiger partial charge on any atom is -0.265 e. The molecule has 0 aliphatic carbocycles. The van der Waals surface area contributed by atoms with E-state index in [0.29, 0.717) is 0 Å². The predicted octanol–water partition coefficient (Wildman–Crippen LogP) is 2.81. The average molecular weight is 167 g/mol. The van der Waals surface area contributed by atoms with E-state index in [-0.39, 0.29) is 0 Å². The topological polar surface area (TPSA) is 12.9 Å². The van der Waals surface area contributed by atoms with Gasteiger partial charge >= 0.3 is 0 Å². The molecule has 0 spiro atoms. The maximum atomic E-state index is 5.68. The number of aromatic nitrogens is 1. The van der Waals surface area contributed by atoms with Crippen LogP contribution in [-0.2, 0) is 0 Å². The third-order valence-electron chi connectivity index (χ3n) is 1.90. The first kappa shape index (κ1) is 7.99. The number of rotatable bonds is 1. The van der Waals surface area contributed by atoms with Gasteiger partial charge in [-0.15, -0.1) is 0 Å². The van der Waals surface area contributed by atoms with Gasteiger partial charge in [-0.3, -0.25) is 4.98 Å². The second-order valence-corrected chi connectivity index (χ2v) is 2.86. The smallest absolute Gasteiger partial charge is 0.0273 e. The van der Waals surface area contributed by atoms with Gasteiger partial charge in [-0.05, 0) is 35.7 Å². The van der Waals surface area contributed by atoms with E-state index in [1.165, 1.54) is 0 Å². The first-order valence-corrected chi connectivity index (χ1v) is 4.12. The van der Waals surface area contributed by atoms with Crippen LogP contribution in [0.4, 0.5) is 0 Å². The molecule has 2 aromatic rings. The highest BCUT2D eigenvalue weighted by atomic mass is 14.6. The Bertz CT molecular complexity index is 393. The second kappa shape index (κ2) is 3.40. The Balaban J connectivity index is 2.48. The Morgan fingerprint density at radius 3 is 2.38 bits per heavy atom. The third kappa shape index (κ3) is 1.75. The summed E-state index contributed by atoms with van der Waals surface area (Å²) in [5.74, 6) is 0. The number of hydrogen-bond donors (Lipinski definition) is 0. The van der Waals surface area contributed by atoms with Crippen molar-refractivity contribution >= 4 is 0 Å². The highest BCUT2D eigenvalue weighted by Crippen LogP contribution is 2.18. The monoisotopic (exact) mass is 167 g/mol. The highest BCUT2D eigenvalue weighted by Gasteiger charge is 1.95. The van der Waals surface area contributed by atoms with Crippen LogP contribution in [0.15, 0.2) is 48.8 Å². The van der Waals surface area contributed by atoms with E-state index in [4.69, 9.17) is 6.92 Å². The molecule has 13 heavy (non-hydrogen) atoms. The van der Waals surface area contributed by atoms with E-state index in [2.05, 4.69) is 4.98 Å². The maximum Gasteiger partial charge on any atom is 0.0273 e. The SMILES string of the molecule is [CH]c1cccc(-c2ccncc2)c1. The fourth-order valence-electron chi connectivity index (χ4n) is 1.26. The molecule has 0 fully saturated rings. The number of hydrogen-bond acceptors (Lipinski definition) is 1. The Morgan fingerprint density at radius 2 is 1.69 bits per heavy atom. The highest BCUT2D eigenvalue weighted by molar-refractivity contribution is 5.63. The van der Waals surface area contributed by atoms with E-state index in [1.807, 2.05) is 36.4 Å². The van der Waals surface area contributed by atoms with Crippen LogP contribution in [0.1, 0.15) is 5.56 Å². The van der Waals surface area contributed by atoms with Crippen LogP contribution >= 0.6 is 0 Å². The van der Waals surface area contributed by atoms with Crippen LogP contribution in [-0.4, -0.2) is 4.98 Å². The molecule has 0 N–H and O–H groups in total. The van der Waals surface area contributed by atoms with Gasteiger partial charge < -0.3 is 0 Å². The fraction of sp³-hybridized carbons (Fsp3) is 0. The molecule has 1 nitrogen and oxygen atoms in total. The van der Waals surface area contributed by atoms with E-state index >= 15 is 0 Å². The molecule has 1 heteroatoms. The van der Waals surface area contributed by atoms with E-state index < -0.39 is 0 Å². The normalized spacial score (nSPS) is 9.92. The Hall–Kier alpha value is -1.63. The van der Waals surface area contributed by atoms with Crippen molar-refractivity contribution in [2.75, 3.05) is 0 Å². The van der Waals surface area contributed by atoms with Crippen molar-refractivity contribution in [2.45, 2.75) is 0 Å². The molecule has 1 aromatic heterocycles. The van der Waals surface area contributed by atoms with Crippen LogP contribution in [0.2, 0.25) is 0 Å². The van der Waals surface area contributed by atoms with Crippen molar-refractivity contribution in [1.29, 1.82) is 0 Å². The van der Waals surface area contributed by atoms with Gasteiger partial charge in [0.1, 0.15) is 0 Å². The molecule has 0 amide bonds. The van der Waals surface area contributed by atoms with Crippen molar-refractivity contribution in [2.24, 2.45) is 0 Å². The molecular formula is C12H9N. The van der Waals surface area contributed by atoms with Crippen LogP contribution in [0.25, 0.3) is 11.1 Å². The van der Waals surface area contributed by atoms with Gasteiger partial charge in [0.15, 0.2) is 0 Å². The molecule has 1 aromatic carbocycles.